The normalized spacial score (nSPS) is 12.3. The number of nitrogens with zero attached hydrogens (tertiary/aromatic N) is 2. The van der Waals surface area contributed by atoms with Crippen molar-refractivity contribution in [3.8, 4) is 5.75 Å². The molecule has 0 spiro atoms. The second-order valence-corrected chi connectivity index (χ2v) is 11.8. The molecule has 0 saturated carbocycles. The van der Waals surface area contributed by atoms with E-state index in [4.69, 9.17) is 4.43 Å². The third-order valence-electron chi connectivity index (χ3n) is 4.35. The van der Waals surface area contributed by atoms with Crippen LogP contribution < -0.4 is 4.43 Å². The highest BCUT2D eigenvalue weighted by atomic mass is 28.4. The molecule has 2 aromatic rings. The van der Waals surface area contributed by atoms with E-state index in [9.17, 15) is 4.79 Å². The SMILES string of the molecule is Cc1cc(O[Si](C)(C)C(C)(C)C)ccc1C(=O)n1ccnc1. The van der Waals surface area contributed by atoms with Gasteiger partial charge in [0.15, 0.2) is 0 Å². The summed E-state index contributed by atoms with van der Waals surface area (Å²) in [5.41, 5.74) is 1.58. The predicted molar refractivity (Wildman–Crippen MR) is 91.0 cm³/mol. The van der Waals surface area contributed by atoms with Gasteiger partial charge >= 0.3 is 0 Å². The molecule has 4 nitrogen and oxygen atoms in total. The van der Waals surface area contributed by atoms with Gasteiger partial charge in [0.25, 0.3) is 5.91 Å². The average Bonchev–Trinajstić information content (AvgIpc) is 2.90. The largest absolute Gasteiger partial charge is 0.543 e. The van der Waals surface area contributed by atoms with Gasteiger partial charge in [-0.3, -0.25) is 9.36 Å². The van der Waals surface area contributed by atoms with Gasteiger partial charge in [-0.15, -0.1) is 0 Å². The molecular formula is C17H24N2O2Si. The van der Waals surface area contributed by atoms with E-state index in [0.29, 0.717) is 5.56 Å². The molecule has 0 aliphatic heterocycles. The van der Waals surface area contributed by atoms with Crippen LogP contribution in [0.15, 0.2) is 36.9 Å². The minimum atomic E-state index is -1.87. The van der Waals surface area contributed by atoms with Crippen LogP contribution in [0.3, 0.4) is 0 Å². The summed E-state index contributed by atoms with van der Waals surface area (Å²) in [5, 5.41) is 0.145. The molecule has 0 aliphatic carbocycles. The van der Waals surface area contributed by atoms with Crippen molar-refractivity contribution in [3.05, 3.63) is 48.0 Å². The van der Waals surface area contributed by atoms with E-state index in [0.717, 1.165) is 11.3 Å². The van der Waals surface area contributed by atoms with Crippen LogP contribution in [0.2, 0.25) is 18.1 Å². The number of benzene rings is 1. The minimum Gasteiger partial charge on any atom is -0.543 e. The zero-order valence-electron chi connectivity index (χ0n) is 14.2. The van der Waals surface area contributed by atoms with Gasteiger partial charge in [-0.1, -0.05) is 20.8 Å². The van der Waals surface area contributed by atoms with Crippen molar-refractivity contribution in [3.63, 3.8) is 0 Å². The first-order valence-electron chi connectivity index (χ1n) is 7.44. The Morgan fingerprint density at radius 2 is 1.95 bits per heavy atom. The summed E-state index contributed by atoms with van der Waals surface area (Å²) >= 11 is 0. The maximum atomic E-state index is 12.4. The number of aryl methyl sites for hydroxylation is 1. The van der Waals surface area contributed by atoms with E-state index in [-0.39, 0.29) is 10.9 Å². The number of carbonyl (C=O) groups is 1. The van der Waals surface area contributed by atoms with E-state index in [2.05, 4.69) is 38.8 Å². The van der Waals surface area contributed by atoms with E-state index >= 15 is 0 Å². The molecule has 0 unspecified atom stereocenters. The van der Waals surface area contributed by atoms with Gasteiger partial charge in [0.1, 0.15) is 12.1 Å². The lowest BCUT2D eigenvalue weighted by Crippen LogP contribution is -2.43. The van der Waals surface area contributed by atoms with Gasteiger partial charge in [0.2, 0.25) is 8.32 Å². The molecular weight excluding hydrogens is 292 g/mol. The molecule has 118 valence electrons. The summed E-state index contributed by atoms with van der Waals surface area (Å²) in [6.07, 6.45) is 4.77. The molecule has 0 atom stereocenters. The van der Waals surface area contributed by atoms with Gasteiger partial charge in [0.05, 0.1) is 0 Å². The van der Waals surface area contributed by atoms with Crippen LogP contribution in [0.25, 0.3) is 0 Å². The topological polar surface area (TPSA) is 44.1 Å². The summed E-state index contributed by atoms with van der Waals surface area (Å²) < 4.78 is 7.76. The van der Waals surface area contributed by atoms with Gasteiger partial charge < -0.3 is 4.43 Å². The zero-order chi connectivity index (χ0) is 16.5. The average molecular weight is 316 g/mol. The van der Waals surface area contributed by atoms with Crippen molar-refractivity contribution in [1.82, 2.24) is 9.55 Å². The highest BCUT2D eigenvalue weighted by molar-refractivity contribution is 6.74. The Balaban J connectivity index is 2.26. The van der Waals surface area contributed by atoms with Crippen LogP contribution in [-0.2, 0) is 0 Å². The number of rotatable bonds is 3. The number of hydrogen-bond acceptors (Lipinski definition) is 3. The molecule has 5 heteroatoms. The molecule has 0 aliphatic rings. The molecule has 0 saturated heterocycles. The fourth-order valence-electron chi connectivity index (χ4n) is 1.91. The Bertz CT molecular complexity index is 670. The van der Waals surface area contributed by atoms with Crippen LogP contribution in [0.5, 0.6) is 5.75 Å². The van der Waals surface area contributed by atoms with E-state index < -0.39 is 8.32 Å². The Kier molecular flexibility index (Phi) is 4.29. The maximum absolute atomic E-state index is 12.4. The third-order valence-corrected chi connectivity index (χ3v) is 8.70. The molecule has 2 rings (SSSR count). The molecule has 1 aromatic carbocycles. The smallest absolute Gasteiger partial charge is 0.263 e. The summed E-state index contributed by atoms with van der Waals surface area (Å²) in [5.74, 6) is 0.764. The second-order valence-electron chi connectivity index (χ2n) is 7.11. The van der Waals surface area contributed by atoms with Gasteiger partial charge in [0, 0.05) is 18.0 Å². The van der Waals surface area contributed by atoms with E-state index in [1.54, 1.807) is 12.4 Å². The molecule has 1 aromatic heterocycles. The molecule has 22 heavy (non-hydrogen) atoms. The Morgan fingerprint density at radius 1 is 1.27 bits per heavy atom. The van der Waals surface area contributed by atoms with Crippen molar-refractivity contribution >= 4 is 14.2 Å². The van der Waals surface area contributed by atoms with Crippen molar-refractivity contribution in [2.45, 2.75) is 45.8 Å². The fraction of sp³-hybridized carbons (Fsp3) is 0.412. The van der Waals surface area contributed by atoms with Crippen molar-refractivity contribution < 1.29 is 9.22 Å². The minimum absolute atomic E-state index is 0.0751. The number of aromatic nitrogens is 2. The highest BCUT2D eigenvalue weighted by Crippen LogP contribution is 2.37. The predicted octanol–water partition coefficient (Wildman–Crippen LogP) is 4.26. The summed E-state index contributed by atoms with van der Waals surface area (Å²) in [6, 6.07) is 5.67. The Labute approximate surface area is 133 Å². The van der Waals surface area contributed by atoms with Crippen LogP contribution in [-0.4, -0.2) is 23.8 Å². The van der Waals surface area contributed by atoms with Crippen LogP contribution in [0.1, 0.15) is 36.7 Å². The first-order chi connectivity index (χ1) is 10.1. The molecule has 0 fully saturated rings. The summed E-state index contributed by atoms with van der Waals surface area (Å²) in [4.78, 5) is 16.3. The van der Waals surface area contributed by atoms with Gasteiger partial charge in [-0.05, 0) is 48.8 Å². The second kappa shape index (κ2) is 5.72. The molecule has 0 radical (unpaired) electrons. The summed E-state index contributed by atoms with van der Waals surface area (Å²) in [7, 11) is -1.87. The van der Waals surface area contributed by atoms with Crippen molar-refractivity contribution in [2.75, 3.05) is 0 Å². The van der Waals surface area contributed by atoms with E-state index in [1.807, 2.05) is 25.1 Å². The highest BCUT2D eigenvalue weighted by Gasteiger charge is 2.39. The Morgan fingerprint density at radius 3 is 2.45 bits per heavy atom. The molecule has 1 heterocycles. The lowest BCUT2D eigenvalue weighted by molar-refractivity contribution is 0.0959. The number of carbonyl (C=O) groups excluding carboxylic acids is 1. The number of imidazole rings is 1. The van der Waals surface area contributed by atoms with Crippen molar-refractivity contribution in [1.29, 1.82) is 0 Å². The molecule has 0 bridgehead atoms. The van der Waals surface area contributed by atoms with Crippen LogP contribution in [0, 0.1) is 6.92 Å². The third kappa shape index (κ3) is 3.30. The van der Waals surface area contributed by atoms with Gasteiger partial charge in [-0.2, -0.15) is 0 Å². The number of hydrogen-bond donors (Lipinski definition) is 0. The molecule has 0 amide bonds. The van der Waals surface area contributed by atoms with Crippen LogP contribution in [0.4, 0.5) is 0 Å². The maximum Gasteiger partial charge on any atom is 0.263 e. The van der Waals surface area contributed by atoms with E-state index in [1.165, 1.54) is 10.9 Å². The monoisotopic (exact) mass is 316 g/mol. The quantitative estimate of drug-likeness (QED) is 0.795. The Hall–Kier alpha value is -1.88. The lowest BCUT2D eigenvalue weighted by atomic mass is 10.1. The fourth-order valence-corrected chi connectivity index (χ4v) is 2.93. The lowest BCUT2D eigenvalue weighted by Gasteiger charge is -2.36. The standard InChI is InChI=1S/C17H24N2O2Si/c1-13-11-14(21-22(5,6)17(2,3)4)7-8-15(13)16(20)19-10-9-18-12-19/h7-12H,1-6H3. The molecule has 0 N–H and O–H groups in total. The van der Waals surface area contributed by atoms with Gasteiger partial charge in [-0.25, -0.2) is 4.98 Å². The first kappa shape index (κ1) is 16.5. The summed E-state index contributed by atoms with van der Waals surface area (Å²) in [6.45, 7) is 13.0. The zero-order valence-corrected chi connectivity index (χ0v) is 15.2. The van der Waals surface area contributed by atoms with Crippen molar-refractivity contribution in [2.24, 2.45) is 0 Å². The first-order valence-corrected chi connectivity index (χ1v) is 10.3. The van der Waals surface area contributed by atoms with Crippen LogP contribution >= 0.6 is 0 Å².